The van der Waals surface area contributed by atoms with Crippen molar-refractivity contribution >= 4 is 0 Å². The lowest BCUT2D eigenvalue weighted by molar-refractivity contribution is 1.50. The van der Waals surface area contributed by atoms with E-state index in [4.69, 9.17) is 0 Å². The van der Waals surface area contributed by atoms with Crippen LogP contribution in [0.5, 0.6) is 0 Å². The summed E-state index contributed by atoms with van der Waals surface area (Å²) in [4.78, 5) is 0. The van der Waals surface area contributed by atoms with Crippen molar-refractivity contribution in [1.82, 2.24) is 0 Å². The second-order valence-corrected chi connectivity index (χ2v) is 0. The Bertz CT molecular complexity index is 0. The molecule has 0 aliphatic heterocycles. The van der Waals surface area contributed by atoms with Gasteiger partial charge in [0.05, 0.1) is 27.7 Å². The van der Waals surface area contributed by atoms with E-state index in [1.165, 1.54) is 0 Å². The second-order valence-electron chi connectivity index (χ2n) is 0. The minimum absolute atomic E-state index is 0. The van der Waals surface area contributed by atoms with Gasteiger partial charge < -0.3 is 0 Å². The molecule has 0 aromatic carbocycles. The summed E-state index contributed by atoms with van der Waals surface area (Å²) in [6, 6.07) is 0. The lowest BCUT2D eigenvalue weighted by Gasteiger charge is -1.07. The average molecular weight is 103 g/mol. The van der Waals surface area contributed by atoms with Crippen LogP contribution in [-0.2, 0) is 0 Å². The fourth-order valence-electron chi connectivity index (χ4n) is 0. The van der Waals surface area contributed by atoms with Gasteiger partial charge in [0, 0.05) is 7.43 Å². The van der Waals surface area contributed by atoms with Crippen molar-refractivity contribution in [2.45, 2.75) is 27.7 Å². The molecular formula is C7H19+3. The molecule has 0 unspecified atom stereocenters. The van der Waals surface area contributed by atoms with Crippen molar-refractivity contribution in [2.75, 3.05) is 0 Å². The molecule has 0 aromatic rings. The van der Waals surface area contributed by atoms with Crippen LogP contribution in [0.15, 0.2) is 0 Å². The van der Waals surface area contributed by atoms with Crippen LogP contribution in [0, 0.1) is 21.3 Å². The Balaban J connectivity index is -0.00000000900. The Kier molecular flexibility index (Phi) is 3420. The Hall–Kier alpha value is -0.390. The zero-order valence-electron chi connectivity index (χ0n) is 6.41. The largest absolute Gasteiger partial charge is 0.0746 e. The highest BCUT2D eigenvalue weighted by atomic mass is 13.0. The first-order chi connectivity index (χ1) is 3.00. The smallest absolute Gasteiger partial charge is 0.0683 e. The van der Waals surface area contributed by atoms with Crippen molar-refractivity contribution in [3.05, 3.63) is 21.3 Å². The van der Waals surface area contributed by atoms with Crippen LogP contribution in [0.1, 0.15) is 27.7 Å². The highest BCUT2D eigenvalue weighted by Gasteiger charge is 1.07. The molecule has 0 heteroatoms. The van der Waals surface area contributed by atoms with E-state index in [2.05, 4.69) is 13.8 Å². The van der Waals surface area contributed by atoms with Gasteiger partial charge in [0.25, 0.3) is 0 Å². The summed E-state index contributed by atoms with van der Waals surface area (Å²) in [5, 5.41) is 0. The molecule has 0 amide bonds. The van der Waals surface area contributed by atoms with Gasteiger partial charge in [0.2, 0.25) is 0 Å². The molecule has 0 nitrogen and oxygen atoms in total. The molecule has 0 atom stereocenters. The Labute approximate surface area is 49.9 Å². The molecule has 0 fully saturated rings. The highest BCUT2D eigenvalue weighted by molar-refractivity contribution is 3.94. The molecule has 0 bridgehead atoms. The fourth-order valence-corrected chi connectivity index (χ4v) is 0. The summed E-state index contributed by atoms with van der Waals surface area (Å²) in [6.07, 6.45) is 0. The molecule has 0 rings (SSSR count). The molecule has 0 aromatic heterocycles. The van der Waals surface area contributed by atoms with E-state index < -0.39 is 0 Å². The highest BCUT2D eigenvalue weighted by Crippen LogP contribution is 1.14. The van der Waals surface area contributed by atoms with Gasteiger partial charge in [0.1, 0.15) is 0 Å². The first kappa shape index (κ1) is 30.5. The molecule has 7 heavy (non-hydrogen) atoms. The third-order valence-corrected chi connectivity index (χ3v) is 0. The van der Waals surface area contributed by atoms with E-state index in [0.717, 1.165) is 0 Å². The predicted octanol–water partition coefficient (Wildman–Crippen LogP) is 3.16. The van der Waals surface area contributed by atoms with Gasteiger partial charge in [0.15, 0.2) is 0 Å². The van der Waals surface area contributed by atoms with E-state index in [-0.39, 0.29) is 7.43 Å². The third-order valence-electron chi connectivity index (χ3n) is 0. The van der Waals surface area contributed by atoms with Gasteiger partial charge in [-0.05, 0) is 0 Å². The van der Waals surface area contributed by atoms with Crippen LogP contribution < -0.4 is 0 Å². The van der Waals surface area contributed by atoms with Gasteiger partial charge in [-0.15, -0.1) is 0 Å². The van der Waals surface area contributed by atoms with Gasteiger partial charge in [-0.1, -0.05) is 13.8 Å². The molecule has 0 aliphatic carbocycles. The summed E-state index contributed by atoms with van der Waals surface area (Å²) >= 11 is 0. The fraction of sp³-hybridized carbons (Fsp3) is 0.571. The van der Waals surface area contributed by atoms with Crippen LogP contribution in [-0.4, -0.2) is 0 Å². The van der Waals surface area contributed by atoms with Gasteiger partial charge in [-0.25, -0.2) is 0 Å². The van der Waals surface area contributed by atoms with Crippen molar-refractivity contribution in [3.8, 4) is 0 Å². The van der Waals surface area contributed by atoms with Crippen molar-refractivity contribution in [2.24, 2.45) is 0 Å². The van der Waals surface area contributed by atoms with E-state index in [1.54, 1.807) is 13.8 Å². The van der Waals surface area contributed by atoms with Crippen LogP contribution >= 0.6 is 0 Å². The van der Waals surface area contributed by atoms with Crippen molar-refractivity contribution in [3.63, 3.8) is 0 Å². The molecule has 0 heterocycles. The first-order valence-electron chi connectivity index (χ1n) is 2.41. The standard InChI is InChI=1S/C2H6.2C2H5.CH3/c3*1-2;/h1-2H3;2*1H2,2H3;1H3/q;3*+1. The number of hydrogen-bond acceptors (Lipinski definition) is 0. The molecule has 0 saturated heterocycles. The first-order valence-corrected chi connectivity index (χ1v) is 2.41. The molecule has 0 radical (unpaired) electrons. The average Bonchev–Trinajstić information content (AvgIpc) is 1.81. The summed E-state index contributed by atoms with van der Waals surface area (Å²) in [5.41, 5.74) is 0. The maximum absolute atomic E-state index is 3.25. The molecular weight excluding hydrogens is 84.1 g/mol. The molecule has 44 valence electrons. The van der Waals surface area contributed by atoms with E-state index in [1.807, 2.05) is 13.8 Å². The monoisotopic (exact) mass is 103 g/mol. The number of hydrogen-bond donors (Lipinski definition) is 0. The SMILES string of the molecule is CC.[CH2+]C.[CH2+]C.[CH3+]. The van der Waals surface area contributed by atoms with Crippen LogP contribution in [0.2, 0.25) is 0 Å². The minimum atomic E-state index is 0. The van der Waals surface area contributed by atoms with Gasteiger partial charge in [-0.3, -0.25) is 0 Å². The van der Waals surface area contributed by atoms with Crippen LogP contribution in [0.25, 0.3) is 0 Å². The topological polar surface area (TPSA) is 0 Å². The summed E-state index contributed by atoms with van der Waals surface area (Å²) in [7, 11) is 0. The Morgan fingerprint density at radius 3 is 0.714 bits per heavy atom. The van der Waals surface area contributed by atoms with Crippen molar-refractivity contribution in [1.29, 1.82) is 0 Å². The minimum Gasteiger partial charge on any atom is -0.0683 e. The Morgan fingerprint density at radius 1 is 0.714 bits per heavy atom. The lowest BCUT2D eigenvalue weighted by atomic mass is 11.0. The third kappa shape index (κ3) is 481. The number of rotatable bonds is 0. The van der Waals surface area contributed by atoms with E-state index in [9.17, 15) is 0 Å². The quantitative estimate of drug-likeness (QED) is 0.413. The Morgan fingerprint density at radius 2 is 0.714 bits per heavy atom. The molecule has 0 N–H and O–H groups in total. The molecule has 0 saturated carbocycles. The predicted molar refractivity (Wildman–Crippen MR) is 39.8 cm³/mol. The second kappa shape index (κ2) is 784. The van der Waals surface area contributed by atoms with Crippen LogP contribution in [0.4, 0.5) is 0 Å². The maximum Gasteiger partial charge on any atom is 0.0746 e. The summed E-state index contributed by atoms with van der Waals surface area (Å²) < 4.78 is 0. The summed E-state index contributed by atoms with van der Waals surface area (Å²) in [6.45, 7) is 14.0. The lowest BCUT2D eigenvalue weighted by Crippen LogP contribution is -0.888. The van der Waals surface area contributed by atoms with Gasteiger partial charge >= 0.3 is 0 Å². The van der Waals surface area contributed by atoms with E-state index in [0.29, 0.717) is 0 Å². The van der Waals surface area contributed by atoms with Crippen molar-refractivity contribution < 1.29 is 0 Å². The van der Waals surface area contributed by atoms with E-state index >= 15 is 0 Å². The molecule has 0 aliphatic rings. The zero-order valence-corrected chi connectivity index (χ0v) is 6.41. The van der Waals surface area contributed by atoms with Crippen LogP contribution in [0.3, 0.4) is 0 Å². The maximum atomic E-state index is 3.25. The normalized spacial score (nSPS) is 2.29. The van der Waals surface area contributed by atoms with Gasteiger partial charge in [-0.2, -0.15) is 0 Å². The zero-order chi connectivity index (χ0) is 6.00. The summed E-state index contributed by atoms with van der Waals surface area (Å²) in [5.74, 6) is 0. The molecule has 0 spiro atoms.